The molecule has 2 bridgehead atoms. The highest BCUT2D eigenvalue weighted by Gasteiger charge is 2.61. The van der Waals surface area contributed by atoms with E-state index in [1.807, 2.05) is 6.92 Å². The Morgan fingerprint density at radius 1 is 0.968 bits per heavy atom. The van der Waals surface area contributed by atoms with Gasteiger partial charge in [-0.3, -0.25) is 19.3 Å². The lowest BCUT2D eigenvalue weighted by molar-refractivity contribution is -0.123. The number of imide groups is 1. The van der Waals surface area contributed by atoms with Crippen molar-refractivity contribution in [2.24, 2.45) is 23.7 Å². The lowest BCUT2D eigenvalue weighted by atomic mass is 9.81. The maximum Gasteiger partial charge on any atom is 0.337 e. The van der Waals surface area contributed by atoms with E-state index in [-0.39, 0.29) is 34.9 Å². The molecule has 2 aromatic carbocycles. The van der Waals surface area contributed by atoms with Crippen molar-refractivity contribution in [2.75, 3.05) is 10.2 Å². The lowest BCUT2D eigenvalue weighted by Crippen LogP contribution is -2.32. The topological polar surface area (TPSA) is 104 Å². The van der Waals surface area contributed by atoms with Gasteiger partial charge in [0.25, 0.3) is 5.91 Å². The number of carboxylic acids is 1. The van der Waals surface area contributed by atoms with Crippen LogP contribution in [0.15, 0.2) is 42.5 Å². The summed E-state index contributed by atoms with van der Waals surface area (Å²) in [4.78, 5) is 51.3. The third-order valence-electron chi connectivity index (χ3n) is 6.97. The lowest BCUT2D eigenvalue weighted by Gasteiger charge is -2.19. The third-order valence-corrected chi connectivity index (χ3v) is 6.97. The first-order valence-corrected chi connectivity index (χ1v) is 10.5. The van der Waals surface area contributed by atoms with Crippen LogP contribution in [0.25, 0.3) is 0 Å². The molecule has 0 spiro atoms. The van der Waals surface area contributed by atoms with Crippen LogP contribution < -0.4 is 10.2 Å². The molecule has 158 valence electrons. The van der Waals surface area contributed by atoms with Crippen molar-refractivity contribution in [3.8, 4) is 0 Å². The average molecular weight is 418 g/mol. The van der Waals surface area contributed by atoms with Crippen molar-refractivity contribution in [2.45, 2.75) is 26.2 Å². The summed E-state index contributed by atoms with van der Waals surface area (Å²) in [5, 5.41) is 12.0. The number of carboxylic acid groups (broad SMARTS) is 1. The number of fused-ring (bicyclic) bond motifs is 5. The number of anilines is 2. The highest BCUT2D eigenvalue weighted by atomic mass is 16.4. The molecule has 0 radical (unpaired) electrons. The fourth-order valence-electron chi connectivity index (χ4n) is 5.57. The molecular formula is C24H22N2O5. The summed E-state index contributed by atoms with van der Waals surface area (Å²) < 4.78 is 0. The number of hydrogen-bond acceptors (Lipinski definition) is 4. The predicted molar refractivity (Wildman–Crippen MR) is 113 cm³/mol. The van der Waals surface area contributed by atoms with Crippen LogP contribution in [-0.2, 0) is 9.59 Å². The number of benzene rings is 2. The summed E-state index contributed by atoms with van der Waals surface area (Å²) in [5.74, 6) is -1.58. The normalized spacial score (nSPS) is 26.3. The van der Waals surface area contributed by atoms with Gasteiger partial charge in [0.1, 0.15) is 0 Å². The molecule has 1 heterocycles. The van der Waals surface area contributed by atoms with E-state index in [4.69, 9.17) is 0 Å². The number of nitrogens with one attached hydrogen (secondary N) is 1. The number of carbonyl (C=O) groups excluding carboxylic acids is 3. The van der Waals surface area contributed by atoms with Gasteiger partial charge in [-0.1, -0.05) is 6.07 Å². The van der Waals surface area contributed by atoms with Crippen LogP contribution >= 0.6 is 0 Å². The van der Waals surface area contributed by atoms with E-state index < -0.39 is 11.9 Å². The smallest absolute Gasteiger partial charge is 0.337 e. The SMILES string of the molecule is Cc1ccc(C(=O)O)c(NC(=O)c2ccc(N3C(=O)[C@H]4[C@H]5CC[C@@H](C5)[C@@H]4C3=O)cc2)c1. The van der Waals surface area contributed by atoms with Crippen LogP contribution in [0.3, 0.4) is 0 Å². The minimum atomic E-state index is -1.13. The highest BCUT2D eigenvalue weighted by Crippen LogP contribution is 2.56. The maximum absolute atomic E-state index is 13.0. The van der Waals surface area contributed by atoms with Gasteiger partial charge in [0, 0.05) is 5.56 Å². The Balaban J connectivity index is 1.36. The Bertz CT molecular complexity index is 1100. The van der Waals surface area contributed by atoms with Crippen LogP contribution in [0.2, 0.25) is 0 Å². The van der Waals surface area contributed by atoms with Crippen molar-refractivity contribution in [1.29, 1.82) is 0 Å². The van der Waals surface area contributed by atoms with Gasteiger partial charge < -0.3 is 10.4 Å². The number of aryl methyl sites for hydroxylation is 1. The molecule has 5 rings (SSSR count). The molecule has 1 aliphatic heterocycles. The van der Waals surface area contributed by atoms with Gasteiger partial charge in [-0.05, 0) is 80.0 Å². The van der Waals surface area contributed by atoms with Crippen molar-refractivity contribution < 1.29 is 24.3 Å². The summed E-state index contributed by atoms with van der Waals surface area (Å²) in [6, 6.07) is 11.0. The van der Waals surface area contributed by atoms with E-state index in [0.717, 1.165) is 24.8 Å². The van der Waals surface area contributed by atoms with Gasteiger partial charge in [-0.2, -0.15) is 0 Å². The molecule has 3 fully saturated rings. The predicted octanol–water partition coefficient (Wildman–Crippen LogP) is 3.48. The minimum absolute atomic E-state index is 0.00463. The van der Waals surface area contributed by atoms with Gasteiger partial charge >= 0.3 is 5.97 Å². The zero-order valence-electron chi connectivity index (χ0n) is 17.0. The van der Waals surface area contributed by atoms with Crippen molar-refractivity contribution in [3.63, 3.8) is 0 Å². The van der Waals surface area contributed by atoms with Crippen LogP contribution in [-0.4, -0.2) is 28.8 Å². The summed E-state index contributed by atoms with van der Waals surface area (Å²) in [6.07, 6.45) is 3.03. The van der Waals surface area contributed by atoms with Gasteiger partial charge in [-0.25, -0.2) is 4.79 Å². The average Bonchev–Trinajstić information content (AvgIpc) is 3.42. The Morgan fingerprint density at radius 2 is 1.58 bits per heavy atom. The van der Waals surface area contributed by atoms with E-state index in [0.29, 0.717) is 23.1 Å². The van der Waals surface area contributed by atoms with Gasteiger partial charge in [0.15, 0.2) is 0 Å². The first-order chi connectivity index (χ1) is 14.8. The Morgan fingerprint density at radius 3 is 2.16 bits per heavy atom. The van der Waals surface area contributed by atoms with Gasteiger partial charge in [0.05, 0.1) is 28.8 Å². The number of nitrogens with zero attached hydrogens (tertiary/aromatic N) is 1. The molecule has 2 saturated carbocycles. The zero-order chi connectivity index (χ0) is 21.9. The van der Waals surface area contributed by atoms with E-state index in [1.165, 1.54) is 11.0 Å². The fourth-order valence-corrected chi connectivity index (χ4v) is 5.57. The molecule has 3 amide bonds. The van der Waals surface area contributed by atoms with E-state index in [9.17, 15) is 24.3 Å². The first-order valence-electron chi connectivity index (χ1n) is 10.5. The number of amides is 3. The first kappa shape index (κ1) is 19.5. The molecule has 2 aliphatic carbocycles. The van der Waals surface area contributed by atoms with Crippen molar-refractivity contribution >= 4 is 35.1 Å². The highest BCUT2D eigenvalue weighted by molar-refractivity contribution is 6.22. The summed E-state index contributed by atoms with van der Waals surface area (Å²) in [5.41, 5.74) is 1.82. The summed E-state index contributed by atoms with van der Waals surface area (Å²) >= 11 is 0. The molecule has 0 aromatic heterocycles. The van der Waals surface area contributed by atoms with E-state index in [2.05, 4.69) is 5.32 Å². The Labute approximate surface area is 179 Å². The Hall–Kier alpha value is -3.48. The van der Waals surface area contributed by atoms with Crippen molar-refractivity contribution in [1.82, 2.24) is 0 Å². The quantitative estimate of drug-likeness (QED) is 0.740. The fraction of sp³-hybridized carbons (Fsp3) is 0.333. The zero-order valence-corrected chi connectivity index (χ0v) is 17.0. The Kier molecular flexibility index (Phi) is 4.43. The minimum Gasteiger partial charge on any atom is -0.478 e. The van der Waals surface area contributed by atoms with Crippen LogP contribution in [0.4, 0.5) is 11.4 Å². The second kappa shape index (κ2) is 7.04. The standard InChI is InChI=1S/C24H22N2O5/c1-12-2-9-17(24(30)31)18(10-12)25-21(27)13-5-7-16(8-6-13)26-22(28)19-14-3-4-15(11-14)20(19)23(26)29/h2,5-10,14-15,19-20H,3-4,11H2,1H3,(H,25,27)(H,30,31)/t14-,15-,19-,20-/m0/s1. The largest absolute Gasteiger partial charge is 0.478 e. The summed E-state index contributed by atoms with van der Waals surface area (Å²) in [6.45, 7) is 1.81. The third kappa shape index (κ3) is 3.03. The molecule has 2 N–H and O–H groups in total. The van der Waals surface area contributed by atoms with Crippen LogP contribution in [0, 0.1) is 30.6 Å². The van der Waals surface area contributed by atoms with Crippen LogP contribution in [0.1, 0.15) is 45.5 Å². The van der Waals surface area contributed by atoms with Crippen LogP contribution in [0.5, 0.6) is 0 Å². The van der Waals surface area contributed by atoms with E-state index in [1.54, 1.807) is 36.4 Å². The monoisotopic (exact) mass is 418 g/mol. The molecule has 4 atom stereocenters. The van der Waals surface area contributed by atoms with Gasteiger partial charge in [-0.15, -0.1) is 0 Å². The number of hydrogen-bond donors (Lipinski definition) is 2. The maximum atomic E-state index is 13.0. The van der Waals surface area contributed by atoms with Gasteiger partial charge in [0.2, 0.25) is 11.8 Å². The second-order valence-corrected chi connectivity index (χ2v) is 8.75. The number of rotatable bonds is 4. The van der Waals surface area contributed by atoms with Crippen molar-refractivity contribution in [3.05, 3.63) is 59.2 Å². The second-order valence-electron chi connectivity index (χ2n) is 8.75. The molecule has 0 unspecified atom stereocenters. The molecular weight excluding hydrogens is 396 g/mol. The molecule has 7 nitrogen and oxygen atoms in total. The van der Waals surface area contributed by atoms with E-state index >= 15 is 0 Å². The molecule has 31 heavy (non-hydrogen) atoms. The molecule has 7 heteroatoms. The molecule has 3 aliphatic rings. The molecule has 1 saturated heterocycles. The number of aromatic carboxylic acids is 1. The number of carbonyl (C=O) groups is 4. The molecule has 2 aromatic rings. The summed E-state index contributed by atoms with van der Waals surface area (Å²) in [7, 11) is 0.